The van der Waals surface area contributed by atoms with Gasteiger partial charge >= 0.3 is 5.97 Å². The van der Waals surface area contributed by atoms with Crippen molar-refractivity contribution in [2.75, 3.05) is 6.61 Å². The Bertz CT molecular complexity index is 771. The van der Waals surface area contributed by atoms with Gasteiger partial charge in [0.2, 0.25) is 11.7 Å². The molecule has 3 rings (SSSR count). The fraction of sp³-hybridized carbons (Fsp3) is 0.565. The van der Waals surface area contributed by atoms with Crippen LogP contribution < -0.4 is 5.32 Å². The number of hydrogen-bond donors (Lipinski definition) is 2. The molecule has 0 aromatic heterocycles. The van der Waals surface area contributed by atoms with Crippen molar-refractivity contribution in [3.63, 3.8) is 0 Å². The van der Waals surface area contributed by atoms with Crippen LogP contribution in [0.5, 0.6) is 0 Å². The first kappa shape index (κ1) is 22.0. The molecule has 1 aliphatic heterocycles. The molecule has 7 nitrogen and oxygen atoms in total. The minimum atomic E-state index is -1.13. The molecular formula is C23H30N2O5. The number of nitrogens with one attached hydrogen (secondary N) is 1. The molecule has 2 aliphatic rings. The van der Waals surface area contributed by atoms with Crippen molar-refractivity contribution in [2.24, 2.45) is 10.9 Å². The number of amides is 1. The number of rotatable bonds is 10. The van der Waals surface area contributed by atoms with Crippen LogP contribution in [0.25, 0.3) is 0 Å². The van der Waals surface area contributed by atoms with Gasteiger partial charge in [0, 0.05) is 6.42 Å². The van der Waals surface area contributed by atoms with Gasteiger partial charge in [0.1, 0.15) is 6.61 Å². The summed E-state index contributed by atoms with van der Waals surface area (Å²) in [5.74, 6) is -1.36. The molecule has 1 aliphatic carbocycles. The van der Waals surface area contributed by atoms with Gasteiger partial charge in [-0.05, 0) is 30.7 Å². The van der Waals surface area contributed by atoms with Crippen LogP contribution in [0.4, 0.5) is 0 Å². The number of nitrogens with zero attached hydrogens (tertiary/aromatic N) is 1. The summed E-state index contributed by atoms with van der Waals surface area (Å²) in [6, 6.07) is 7.86. The number of carboxylic acids is 1. The van der Waals surface area contributed by atoms with Crippen molar-refractivity contribution in [1.29, 1.82) is 0 Å². The van der Waals surface area contributed by atoms with Gasteiger partial charge < -0.3 is 15.2 Å². The van der Waals surface area contributed by atoms with E-state index in [9.17, 15) is 14.4 Å². The molecular weight excluding hydrogens is 384 g/mol. The van der Waals surface area contributed by atoms with Gasteiger partial charge in [-0.2, -0.15) is 0 Å². The summed E-state index contributed by atoms with van der Waals surface area (Å²) in [7, 11) is 0. The average molecular weight is 415 g/mol. The van der Waals surface area contributed by atoms with Crippen LogP contribution in [-0.4, -0.2) is 47.4 Å². The van der Waals surface area contributed by atoms with Gasteiger partial charge in [-0.3, -0.25) is 9.59 Å². The van der Waals surface area contributed by atoms with Crippen LogP contribution in [0.1, 0.15) is 56.9 Å². The third-order valence-corrected chi connectivity index (χ3v) is 5.87. The number of benzene rings is 1. The Morgan fingerprint density at radius 1 is 1.13 bits per heavy atom. The zero-order chi connectivity index (χ0) is 21.3. The number of carbonyl (C=O) groups is 3. The number of carboxylic acid groups (broad SMARTS) is 1. The third-order valence-electron chi connectivity index (χ3n) is 5.87. The fourth-order valence-electron chi connectivity index (χ4n) is 4.09. The molecule has 30 heavy (non-hydrogen) atoms. The summed E-state index contributed by atoms with van der Waals surface area (Å²) in [5, 5.41) is 11.9. The lowest BCUT2D eigenvalue weighted by atomic mass is 9.86. The molecule has 1 aromatic rings. The second-order valence-electron chi connectivity index (χ2n) is 8.15. The Labute approximate surface area is 176 Å². The second kappa shape index (κ2) is 10.9. The van der Waals surface area contributed by atoms with Gasteiger partial charge in [-0.1, -0.05) is 62.4 Å². The smallest absolute Gasteiger partial charge is 0.332 e. The highest BCUT2D eigenvalue weighted by atomic mass is 16.5. The highest BCUT2D eigenvalue weighted by molar-refractivity contribution is 6.39. The van der Waals surface area contributed by atoms with Crippen LogP contribution in [-0.2, 0) is 25.5 Å². The number of ketones is 1. The van der Waals surface area contributed by atoms with Crippen molar-refractivity contribution < 1.29 is 24.2 Å². The van der Waals surface area contributed by atoms with Crippen LogP contribution in [0.15, 0.2) is 35.3 Å². The van der Waals surface area contributed by atoms with Crippen molar-refractivity contribution in [3.05, 3.63) is 35.9 Å². The summed E-state index contributed by atoms with van der Waals surface area (Å²) in [6.45, 7) is -0.155. The molecule has 1 heterocycles. The summed E-state index contributed by atoms with van der Waals surface area (Å²) in [4.78, 5) is 40.5. The highest BCUT2D eigenvalue weighted by Gasteiger charge is 2.33. The maximum atomic E-state index is 12.9. The SMILES string of the molecule is O=C(CCC1CCCCC1)NC(CCc1ccccc1)C(=O)C1=NC(C(=O)O)CO1. The molecule has 1 fully saturated rings. The number of Topliss-reactive ketones (excluding diaryl/α,β-unsaturated/α-hetero) is 1. The van der Waals surface area contributed by atoms with Gasteiger partial charge in [-0.15, -0.1) is 0 Å². The molecule has 2 atom stereocenters. The van der Waals surface area contributed by atoms with E-state index in [-0.39, 0.29) is 18.4 Å². The number of ether oxygens (including phenoxy) is 1. The zero-order valence-corrected chi connectivity index (χ0v) is 17.2. The van der Waals surface area contributed by atoms with E-state index in [0.29, 0.717) is 25.2 Å². The number of aryl methyl sites for hydroxylation is 1. The van der Waals surface area contributed by atoms with Crippen LogP contribution >= 0.6 is 0 Å². The van der Waals surface area contributed by atoms with Crippen LogP contribution in [0, 0.1) is 5.92 Å². The molecule has 2 unspecified atom stereocenters. The van der Waals surface area contributed by atoms with E-state index in [1.165, 1.54) is 32.1 Å². The first-order valence-electron chi connectivity index (χ1n) is 10.8. The fourth-order valence-corrected chi connectivity index (χ4v) is 4.09. The lowest BCUT2D eigenvalue weighted by molar-refractivity contribution is -0.138. The van der Waals surface area contributed by atoms with E-state index in [0.717, 1.165) is 12.0 Å². The maximum Gasteiger partial charge on any atom is 0.332 e. The van der Waals surface area contributed by atoms with Crippen molar-refractivity contribution in [2.45, 2.75) is 69.9 Å². The lowest BCUT2D eigenvalue weighted by Gasteiger charge is -2.22. The Morgan fingerprint density at radius 3 is 2.53 bits per heavy atom. The largest absolute Gasteiger partial charge is 0.480 e. The van der Waals surface area contributed by atoms with E-state index in [1.807, 2.05) is 30.3 Å². The Kier molecular flexibility index (Phi) is 7.99. The van der Waals surface area contributed by atoms with E-state index in [2.05, 4.69) is 10.3 Å². The van der Waals surface area contributed by atoms with E-state index in [1.54, 1.807) is 0 Å². The standard InChI is InChI=1S/C23H30N2O5/c26-20(14-12-17-9-5-2-6-10-17)24-18(13-11-16-7-3-1-4-8-16)21(27)22-25-19(15-30-22)23(28)29/h1,3-4,7-8,17-19H,2,5-6,9-15H2,(H,24,26)(H,28,29). The number of aliphatic carboxylic acids is 1. The normalized spacial score (nSPS) is 20.1. The minimum absolute atomic E-state index is 0.152. The number of aliphatic imine (C=N–C) groups is 1. The molecule has 2 N–H and O–H groups in total. The maximum absolute atomic E-state index is 12.9. The summed E-state index contributed by atoms with van der Waals surface area (Å²) in [6.07, 6.45) is 8.31. The summed E-state index contributed by atoms with van der Waals surface area (Å²) >= 11 is 0. The molecule has 0 radical (unpaired) electrons. The van der Waals surface area contributed by atoms with E-state index >= 15 is 0 Å². The molecule has 0 spiro atoms. The first-order chi connectivity index (χ1) is 14.5. The zero-order valence-electron chi connectivity index (χ0n) is 17.2. The Hall–Kier alpha value is -2.70. The van der Waals surface area contributed by atoms with E-state index in [4.69, 9.17) is 9.84 Å². The van der Waals surface area contributed by atoms with Gasteiger partial charge in [0.15, 0.2) is 6.04 Å². The third kappa shape index (κ3) is 6.40. The minimum Gasteiger partial charge on any atom is -0.480 e. The molecule has 0 bridgehead atoms. The topological polar surface area (TPSA) is 105 Å². The number of hydrogen-bond acceptors (Lipinski definition) is 5. The summed E-state index contributed by atoms with van der Waals surface area (Å²) in [5.41, 5.74) is 1.06. The highest BCUT2D eigenvalue weighted by Crippen LogP contribution is 2.27. The first-order valence-corrected chi connectivity index (χ1v) is 10.8. The van der Waals surface area contributed by atoms with E-state index < -0.39 is 23.8 Å². The van der Waals surface area contributed by atoms with Gasteiger partial charge in [-0.25, -0.2) is 9.79 Å². The predicted octanol–water partition coefficient (Wildman–Crippen LogP) is 2.92. The molecule has 7 heteroatoms. The lowest BCUT2D eigenvalue weighted by Crippen LogP contribution is -2.44. The summed E-state index contributed by atoms with van der Waals surface area (Å²) < 4.78 is 5.23. The van der Waals surface area contributed by atoms with Crippen LogP contribution in [0.3, 0.4) is 0 Å². The van der Waals surface area contributed by atoms with Gasteiger partial charge in [0.25, 0.3) is 5.90 Å². The molecule has 1 aromatic carbocycles. The Morgan fingerprint density at radius 2 is 1.87 bits per heavy atom. The van der Waals surface area contributed by atoms with Crippen molar-refractivity contribution in [1.82, 2.24) is 5.32 Å². The van der Waals surface area contributed by atoms with Crippen LogP contribution in [0.2, 0.25) is 0 Å². The van der Waals surface area contributed by atoms with Crippen molar-refractivity contribution in [3.8, 4) is 0 Å². The second-order valence-corrected chi connectivity index (χ2v) is 8.15. The number of carbonyl (C=O) groups excluding carboxylic acids is 2. The molecule has 162 valence electrons. The average Bonchev–Trinajstić information content (AvgIpc) is 3.27. The molecule has 0 saturated heterocycles. The Balaban J connectivity index is 1.60. The molecule has 1 amide bonds. The predicted molar refractivity (Wildman–Crippen MR) is 112 cm³/mol. The quantitative estimate of drug-likeness (QED) is 0.612. The van der Waals surface area contributed by atoms with Crippen molar-refractivity contribution >= 4 is 23.6 Å². The van der Waals surface area contributed by atoms with Gasteiger partial charge in [0.05, 0.1) is 6.04 Å². The molecule has 1 saturated carbocycles. The monoisotopic (exact) mass is 414 g/mol.